The highest BCUT2D eigenvalue weighted by molar-refractivity contribution is 5.94. The first kappa shape index (κ1) is 16.6. The van der Waals surface area contributed by atoms with Crippen molar-refractivity contribution in [3.8, 4) is 0 Å². The number of hydrogen-bond acceptors (Lipinski definition) is 4. The van der Waals surface area contributed by atoms with Crippen LogP contribution in [0.2, 0.25) is 0 Å². The predicted octanol–water partition coefficient (Wildman–Crippen LogP) is 1.91. The Morgan fingerprint density at radius 2 is 2.00 bits per heavy atom. The Morgan fingerprint density at radius 3 is 2.69 bits per heavy atom. The molecule has 2 saturated heterocycles. The van der Waals surface area contributed by atoms with Gasteiger partial charge in [-0.3, -0.25) is 9.59 Å². The van der Waals surface area contributed by atoms with Crippen LogP contribution in [0.3, 0.4) is 0 Å². The molecule has 134 valence electrons. The SMILES string of the molecule is CC(=O)N1C[C@H]2CN(C(=O)c3ccnnc3)C[C@H]2[C@@H]1c1cccc(F)c1. The molecule has 0 N–H and O–H groups in total. The molecule has 0 bridgehead atoms. The van der Waals surface area contributed by atoms with Crippen molar-refractivity contribution in [2.45, 2.75) is 13.0 Å². The lowest BCUT2D eigenvalue weighted by atomic mass is 9.89. The van der Waals surface area contributed by atoms with Crippen LogP contribution in [0.4, 0.5) is 4.39 Å². The van der Waals surface area contributed by atoms with E-state index in [2.05, 4.69) is 10.2 Å². The smallest absolute Gasteiger partial charge is 0.255 e. The van der Waals surface area contributed by atoms with Crippen LogP contribution in [0.5, 0.6) is 0 Å². The lowest BCUT2D eigenvalue weighted by molar-refractivity contribution is -0.130. The molecular weight excluding hydrogens is 335 g/mol. The fourth-order valence-electron chi connectivity index (χ4n) is 4.25. The number of rotatable bonds is 2. The molecule has 0 aliphatic carbocycles. The highest BCUT2D eigenvalue weighted by Crippen LogP contribution is 2.45. The van der Waals surface area contributed by atoms with Crippen LogP contribution in [0.25, 0.3) is 0 Å². The molecule has 0 unspecified atom stereocenters. The molecule has 6 nitrogen and oxygen atoms in total. The average molecular weight is 354 g/mol. The van der Waals surface area contributed by atoms with Crippen LogP contribution < -0.4 is 0 Å². The van der Waals surface area contributed by atoms with Gasteiger partial charge in [-0.25, -0.2) is 4.39 Å². The number of aromatic nitrogens is 2. The van der Waals surface area contributed by atoms with E-state index < -0.39 is 0 Å². The Kier molecular flexibility index (Phi) is 4.14. The second-order valence-electron chi connectivity index (χ2n) is 6.94. The summed E-state index contributed by atoms with van der Waals surface area (Å²) in [4.78, 5) is 28.4. The second kappa shape index (κ2) is 6.48. The van der Waals surface area contributed by atoms with Gasteiger partial charge in [-0.2, -0.15) is 10.2 Å². The molecule has 0 radical (unpaired) electrons. The molecule has 2 aliphatic rings. The molecule has 3 heterocycles. The maximum absolute atomic E-state index is 13.7. The van der Waals surface area contributed by atoms with E-state index in [9.17, 15) is 14.0 Å². The minimum atomic E-state index is -0.316. The molecule has 7 heteroatoms. The zero-order chi connectivity index (χ0) is 18.3. The van der Waals surface area contributed by atoms with E-state index in [4.69, 9.17) is 0 Å². The molecule has 2 aliphatic heterocycles. The maximum atomic E-state index is 13.7. The first-order valence-corrected chi connectivity index (χ1v) is 8.63. The van der Waals surface area contributed by atoms with Crippen LogP contribution in [0.1, 0.15) is 28.9 Å². The number of halogens is 1. The first-order valence-electron chi connectivity index (χ1n) is 8.63. The van der Waals surface area contributed by atoms with E-state index in [1.54, 1.807) is 28.9 Å². The molecule has 1 aromatic carbocycles. The standard InChI is InChI=1S/C19H19FN4O2/c1-12(25)24-10-15-9-23(19(26)14-5-6-21-22-8-14)11-17(15)18(24)13-3-2-4-16(20)7-13/h2-8,15,17-18H,9-11H2,1H3/t15-,17-,18+/m1/s1. The number of benzene rings is 1. The van der Waals surface area contributed by atoms with Crippen molar-refractivity contribution >= 4 is 11.8 Å². The molecular formula is C19H19FN4O2. The van der Waals surface area contributed by atoms with Crippen LogP contribution in [-0.4, -0.2) is 51.4 Å². The molecule has 0 saturated carbocycles. The van der Waals surface area contributed by atoms with Gasteiger partial charge in [-0.05, 0) is 23.8 Å². The van der Waals surface area contributed by atoms with Crippen molar-refractivity contribution in [2.75, 3.05) is 19.6 Å². The van der Waals surface area contributed by atoms with Gasteiger partial charge in [0.05, 0.1) is 24.0 Å². The van der Waals surface area contributed by atoms with E-state index in [-0.39, 0.29) is 35.5 Å². The number of likely N-dealkylation sites (tertiary alicyclic amines) is 2. The lowest BCUT2D eigenvalue weighted by Crippen LogP contribution is -2.36. The molecule has 2 fully saturated rings. The highest BCUT2D eigenvalue weighted by Gasteiger charge is 2.49. The summed E-state index contributed by atoms with van der Waals surface area (Å²) in [6.07, 6.45) is 2.96. The van der Waals surface area contributed by atoms with E-state index >= 15 is 0 Å². The molecule has 1 aromatic heterocycles. The third-order valence-electron chi connectivity index (χ3n) is 5.38. The summed E-state index contributed by atoms with van der Waals surface area (Å²) >= 11 is 0. The van der Waals surface area contributed by atoms with Crippen LogP contribution in [0.15, 0.2) is 42.7 Å². The van der Waals surface area contributed by atoms with Gasteiger partial charge in [0, 0.05) is 38.4 Å². The van der Waals surface area contributed by atoms with Gasteiger partial charge in [0.2, 0.25) is 5.91 Å². The summed E-state index contributed by atoms with van der Waals surface area (Å²) in [6.45, 7) is 3.25. The summed E-state index contributed by atoms with van der Waals surface area (Å²) in [6, 6.07) is 7.84. The number of amides is 2. The molecule has 2 amide bonds. The highest BCUT2D eigenvalue weighted by atomic mass is 19.1. The number of nitrogens with zero attached hydrogens (tertiary/aromatic N) is 4. The van der Waals surface area contributed by atoms with Crippen LogP contribution in [-0.2, 0) is 4.79 Å². The summed E-state index contributed by atoms with van der Waals surface area (Å²) in [5.41, 5.74) is 1.29. The minimum Gasteiger partial charge on any atom is -0.338 e. The van der Waals surface area contributed by atoms with E-state index in [0.29, 0.717) is 25.2 Å². The number of carbonyl (C=O) groups is 2. The largest absolute Gasteiger partial charge is 0.338 e. The number of carbonyl (C=O) groups excluding carboxylic acids is 2. The Bertz CT molecular complexity index is 844. The second-order valence-corrected chi connectivity index (χ2v) is 6.94. The Balaban J connectivity index is 1.60. The van der Waals surface area contributed by atoms with E-state index in [1.807, 2.05) is 6.07 Å². The molecule has 26 heavy (non-hydrogen) atoms. The monoisotopic (exact) mass is 354 g/mol. The number of fused-ring (bicyclic) bond motifs is 1. The minimum absolute atomic E-state index is 0.0233. The quantitative estimate of drug-likeness (QED) is 0.826. The Hall–Kier alpha value is -2.83. The fraction of sp³-hybridized carbons (Fsp3) is 0.368. The van der Waals surface area contributed by atoms with Crippen molar-refractivity contribution in [3.63, 3.8) is 0 Å². The fourth-order valence-corrected chi connectivity index (χ4v) is 4.25. The average Bonchev–Trinajstić information content (AvgIpc) is 3.19. The van der Waals surface area contributed by atoms with Crippen molar-refractivity contribution in [2.24, 2.45) is 11.8 Å². The van der Waals surface area contributed by atoms with Crippen molar-refractivity contribution in [3.05, 3.63) is 59.7 Å². The molecule has 4 rings (SSSR count). The van der Waals surface area contributed by atoms with Gasteiger partial charge in [0.15, 0.2) is 0 Å². The first-order chi connectivity index (χ1) is 12.5. The zero-order valence-electron chi connectivity index (χ0n) is 14.4. The zero-order valence-corrected chi connectivity index (χ0v) is 14.4. The lowest BCUT2D eigenvalue weighted by Gasteiger charge is -2.29. The van der Waals surface area contributed by atoms with Crippen molar-refractivity contribution in [1.82, 2.24) is 20.0 Å². The third kappa shape index (κ3) is 2.83. The van der Waals surface area contributed by atoms with Crippen LogP contribution in [0, 0.1) is 17.7 Å². The molecule has 0 spiro atoms. The van der Waals surface area contributed by atoms with Gasteiger partial charge in [-0.1, -0.05) is 12.1 Å². The Morgan fingerprint density at radius 1 is 1.15 bits per heavy atom. The third-order valence-corrected chi connectivity index (χ3v) is 5.38. The summed E-state index contributed by atoms with van der Waals surface area (Å²) in [5.74, 6) is -0.139. The summed E-state index contributed by atoms with van der Waals surface area (Å²) < 4.78 is 13.7. The molecule has 2 aromatic rings. The van der Waals surface area contributed by atoms with Gasteiger partial charge < -0.3 is 9.80 Å². The van der Waals surface area contributed by atoms with Crippen molar-refractivity contribution < 1.29 is 14.0 Å². The maximum Gasteiger partial charge on any atom is 0.255 e. The summed E-state index contributed by atoms with van der Waals surface area (Å²) in [5, 5.41) is 7.47. The number of hydrogen-bond donors (Lipinski definition) is 0. The van der Waals surface area contributed by atoms with Crippen LogP contribution >= 0.6 is 0 Å². The topological polar surface area (TPSA) is 66.4 Å². The molecule has 3 atom stereocenters. The van der Waals surface area contributed by atoms with E-state index in [1.165, 1.54) is 24.5 Å². The van der Waals surface area contributed by atoms with Crippen molar-refractivity contribution in [1.29, 1.82) is 0 Å². The Labute approximate surface area is 150 Å². The normalized spacial score (nSPS) is 24.6. The van der Waals surface area contributed by atoms with E-state index in [0.717, 1.165) is 5.56 Å². The van der Waals surface area contributed by atoms with Gasteiger partial charge >= 0.3 is 0 Å². The predicted molar refractivity (Wildman–Crippen MR) is 91.4 cm³/mol. The van der Waals surface area contributed by atoms with Gasteiger partial charge in [-0.15, -0.1) is 0 Å². The van der Waals surface area contributed by atoms with Gasteiger partial charge in [0.25, 0.3) is 5.91 Å². The summed E-state index contributed by atoms with van der Waals surface area (Å²) in [7, 11) is 0. The van der Waals surface area contributed by atoms with Gasteiger partial charge in [0.1, 0.15) is 5.82 Å².